The van der Waals surface area contributed by atoms with E-state index in [0.717, 1.165) is 0 Å². The van der Waals surface area contributed by atoms with Gasteiger partial charge < -0.3 is 15.7 Å². The molecule has 1 aromatic rings. The second-order valence-corrected chi connectivity index (χ2v) is 3.31. The van der Waals surface area contributed by atoms with E-state index in [9.17, 15) is 0 Å². The van der Waals surface area contributed by atoms with Crippen molar-refractivity contribution in [2.45, 2.75) is 6.10 Å². The number of aromatic nitrogens is 2. The van der Waals surface area contributed by atoms with Crippen molar-refractivity contribution in [2.24, 2.45) is 0 Å². The molecule has 0 bridgehead atoms. The van der Waals surface area contributed by atoms with E-state index in [-0.39, 0.29) is 11.4 Å². The molecule has 3 N–H and O–H groups in total. The van der Waals surface area contributed by atoms with Crippen LogP contribution in [0.5, 0.6) is 0 Å². The molecular weight excluding hydrogens is 192 g/mol. The number of aliphatic hydroxyl groups excluding tert-OH is 1. The minimum Gasteiger partial charge on any atom is -0.394 e. The summed E-state index contributed by atoms with van der Waals surface area (Å²) in [6.45, 7) is 1.11. The fraction of sp³-hybridized carbons (Fsp3) is 0.429. The lowest BCUT2D eigenvalue weighted by Crippen LogP contribution is -2.51. The predicted molar refractivity (Wildman–Crippen MR) is 49.7 cm³/mol. The molecule has 13 heavy (non-hydrogen) atoms. The molecule has 0 radical (unpaired) electrons. The molecule has 1 fully saturated rings. The first kappa shape index (κ1) is 8.52. The van der Waals surface area contributed by atoms with Gasteiger partial charge in [-0.1, -0.05) is 0 Å². The van der Waals surface area contributed by atoms with Crippen LogP contribution in [-0.4, -0.2) is 34.3 Å². The minimum atomic E-state index is -0.284. The highest BCUT2D eigenvalue weighted by Gasteiger charge is 2.27. The lowest BCUT2D eigenvalue weighted by Gasteiger charge is -2.37. The summed E-state index contributed by atoms with van der Waals surface area (Å²) in [5, 5.41) is 9.25. The molecule has 5 nitrogen and oxygen atoms in total. The van der Waals surface area contributed by atoms with Gasteiger partial charge in [-0.2, -0.15) is 4.98 Å². The van der Waals surface area contributed by atoms with Crippen LogP contribution >= 0.6 is 11.6 Å². The normalized spacial score (nSPS) is 17.2. The third-order valence-corrected chi connectivity index (χ3v) is 2.11. The zero-order valence-electron chi connectivity index (χ0n) is 6.81. The molecule has 0 unspecified atom stereocenters. The summed E-state index contributed by atoms with van der Waals surface area (Å²) in [5.74, 6) is 0.602. The number of rotatable bonds is 1. The molecule has 0 atom stereocenters. The maximum atomic E-state index is 9.08. The van der Waals surface area contributed by atoms with E-state index in [1.54, 1.807) is 0 Å². The van der Waals surface area contributed by atoms with E-state index >= 15 is 0 Å². The monoisotopic (exact) mass is 200 g/mol. The molecule has 1 aromatic heterocycles. The van der Waals surface area contributed by atoms with Crippen LogP contribution in [0.1, 0.15) is 0 Å². The maximum Gasteiger partial charge on any atom is 0.224 e. The van der Waals surface area contributed by atoms with E-state index in [1.165, 1.54) is 6.20 Å². The molecule has 1 aliphatic heterocycles. The Morgan fingerprint density at radius 1 is 1.62 bits per heavy atom. The fourth-order valence-electron chi connectivity index (χ4n) is 1.24. The fourth-order valence-corrected chi connectivity index (χ4v) is 1.37. The molecule has 70 valence electrons. The molecule has 0 aliphatic carbocycles. The third kappa shape index (κ3) is 1.52. The summed E-state index contributed by atoms with van der Waals surface area (Å²) in [4.78, 5) is 9.57. The van der Waals surface area contributed by atoms with Crippen molar-refractivity contribution in [3.8, 4) is 0 Å². The minimum absolute atomic E-state index is 0.172. The van der Waals surface area contributed by atoms with Gasteiger partial charge >= 0.3 is 0 Å². The Bertz CT molecular complexity index is 326. The first-order valence-electron chi connectivity index (χ1n) is 3.88. The largest absolute Gasteiger partial charge is 0.394 e. The van der Waals surface area contributed by atoms with E-state index in [2.05, 4.69) is 9.97 Å². The number of anilines is 2. The number of β-amino-alcohol motifs (C(OH)–C–C–N with tert-alkyl or cyclic N) is 1. The van der Waals surface area contributed by atoms with Crippen molar-refractivity contribution in [1.29, 1.82) is 0 Å². The van der Waals surface area contributed by atoms with E-state index in [0.29, 0.717) is 24.6 Å². The lowest BCUT2D eigenvalue weighted by atomic mass is 10.2. The van der Waals surface area contributed by atoms with Gasteiger partial charge in [-0.3, -0.25) is 0 Å². The van der Waals surface area contributed by atoms with Gasteiger partial charge in [0.15, 0.2) is 5.82 Å². The quantitative estimate of drug-likeness (QED) is 0.619. The molecular formula is C7H9ClN4O. The van der Waals surface area contributed by atoms with Gasteiger partial charge in [0.2, 0.25) is 5.28 Å². The van der Waals surface area contributed by atoms with Crippen LogP contribution in [0.25, 0.3) is 0 Å². The Hall–Kier alpha value is -1.07. The number of halogens is 1. The van der Waals surface area contributed by atoms with Crippen molar-refractivity contribution in [2.75, 3.05) is 23.7 Å². The van der Waals surface area contributed by atoms with E-state index < -0.39 is 0 Å². The summed E-state index contributed by atoms with van der Waals surface area (Å²) >= 11 is 5.61. The maximum absolute atomic E-state index is 9.08. The van der Waals surface area contributed by atoms with Gasteiger partial charge in [-0.05, 0) is 11.6 Å². The first-order chi connectivity index (χ1) is 6.16. The van der Waals surface area contributed by atoms with Crippen molar-refractivity contribution in [3.05, 3.63) is 11.5 Å². The Labute approximate surface area is 80.2 Å². The highest BCUT2D eigenvalue weighted by molar-refractivity contribution is 6.28. The Morgan fingerprint density at radius 2 is 2.31 bits per heavy atom. The topological polar surface area (TPSA) is 75.3 Å². The number of nitrogen functional groups attached to an aromatic ring is 1. The predicted octanol–water partition coefficient (Wildman–Crippen LogP) is -0.107. The van der Waals surface area contributed by atoms with Crippen LogP contribution in [-0.2, 0) is 0 Å². The van der Waals surface area contributed by atoms with Crippen LogP contribution in [0.3, 0.4) is 0 Å². The van der Waals surface area contributed by atoms with Gasteiger partial charge in [0.25, 0.3) is 0 Å². The van der Waals surface area contributed by atoms with E-state index in [4.69, 9.17) is 22.4 Å². The zero-order chi connectivity index (χ0) is 9.42. The second kappa shape index (κ2) is 3.01. The summed E-state index contributed by atoms with van der Waals surface area (Å²) in [5.41, 5.74) is 6.12. The van der Waals surface area contributed by atoms with Gasteiger partial charge in [0.05, 0.1) is 18.0 Å². The summed E-state index contributed by atoms with van der Waals surface area (Å²) in [6, 6.07) is 0. The lowest BCUT2D eigenvalue weighted by molar-refractivity contribution is 0.141. The number of nitrogens with zero attached hydrogens (tertiary/aromatic N) is 3. The van der Waals surface area contributed by atoms with Crippen molar-refractivity contribution in [1.82, 2.24) is 9.97 Å². The number of hydrogen-bond donors (Lipinski definition) is 2. The SMILES string of the molecule is Nc1cnc(Cl)nc1N1CC(O)C1. The molecule has 0 saturated carbocycles. The smallest absolute Gasteiger partial charge is 0.224 e. The third-order valence-electron chi connectivity index (χ3n) is 1.93. The Balaban J connectivity index is 2.24. The van der Waals surface area contributed by atoms with Crippen LogP contribution in [0, 0.1) is 0 Å². The molecule has 1 saturated heterocycles. The van der Waals surface area contributed by atoms with Gasteiger partial charge in [0.1, 0.15) is 0 Å². The standard InChI is InChI=1S/C7H9ClN4O/c8-7-10-1-5(9)6(11-7)12-2-4(13)3-12/h1,4,13H,2-3,9H2. The van der Waals surface area contributed by atoms with Crippen molar-refractivity contribution in [3.63, 3.8) is 0 Å². The van der Waals surface area contributed by atoms with Gasteiger partial charge in [0, 0.05) is 13.1 Å². The van der Waals surface area contributed by atoms with Crippen LogP contribution in [0.2, 0.25) is 5.28 Å². The summed E-state index contributed by atoms with van der Waals surface area (Å²) in [7, 11) is 0. The van der Waals surface area contributed by atoms with Gasteiger partial charge in [-0.25, -0.2) is 4.98 Å². The van der Waals surface area contributed by atoms with Gasteiger partial charge in [-0.15, -0.1) is 0 Å². The Kier molecular flexibility index (Phi) is 1.97. The number of nitrogens with two attached hydrogens (primary N) is 1. The van der Waals surface area contributed by atoms with Crippen LogP contribution in [0.4, 0.5) is 11.5 Å². The molecule has 1 aliphatic rings. The molecule has 6 heteroatoms. The van der Waals surface area contributed by atoms with Crippen molar-refractivity contribution >= 4 is 23.1 Å². The average Bonchev–Trinajstić information content (AvgIpc) is 2.04. The molecule has 0 spiro atoms. The second-order valence-electron chi connectivity index (χ2n) is 2.98. The average molecular weight is 201 g/mol. The van der Waals surface area contributed by atoms with Crippen LogP contribution in [0.15, 0.2) is 6.20 Å². The highest BCUT2D eigenvalue weighted by atomic mass is 35.5. The molecule has 2 heterocycles. The number of aliphatic hydroxyl groups is 1. The zero-order valence-corrected chi connectivity index (χ0v) is 7.57. The van der Waals surface area contributed by atoms with E-state index in [1.807, 2.05) is 4.90 Å². The Morgan fingerprint density at radius 3 is 2.92 bits per heavy atom. The number of hydrogen-bond acceptors (Lipinski definition) is 5. The first-order valence-corrected chi connectivity index (χ1v) is 4.25. The highest BCUT2D eigenvalue weighted by Crippen LogP contribution is 2.25. The molecule has 2 rings (SSSR count). The van der Waals surface area contributed by atoms with Crippen molar-refractivity contribution < 1.29 is 5.11 Å². The molecule has 0 amide bonds. The molecule has 0 aromatic carbocycles. The summed E-state index contributed by atoms with van der Waals surface area (Å²) < 4.78 is 0. The summed E-state index contributed by atoms with van der Waals surface area (Å²) in [6.07, 6.45) is 1.18. The van der Waals surface area contributed by atoms with Crippen LogP contribution < -0.4 is 10.6 Å².